The van der Waals surface area contributed by atoms with Crippen molar-refractivity contribution in [3.8, 4) is 0 Å². The third-order valence-electron chi connectivity index (χ3n) is 3.74. The number of ketones is 1. The van der Waals surface area contributed by atoms with Crippen LogP contribution in [-0.4, -0.2) is 48.3 Å². The summed E-state index contributed by atoms with van der Waals surface area (Å²) in [5.41, 5.74) is 0. The first-order valence-corrected chi connectivity index (χ1v) is 6.12. The van der Waals surface area contributed by atoms with Crippen LogP contribution in [0.1, 0.15) is 32.1 Å². The molecule has 0 spiro atoms. The van der Waals surface area contributed by atoms with Gasteiger partial charge in [-0.2, -0.15) is 0 Å². The summed E-state index contributed by atoms with van der Waals surface area (Å²) in [6.45, 7) is 0.811. The van der Waals surface area contributed by atoms with Gasteiger partial charge in [-0.15, -0.1) is 0 Å². The maximum absolute atomic E-state index is 12.0. The predicted octanol–water partition coefficient (Wildman–Crippen LogP) is 1.50. The SMILES string of the molecule is CN(C)C(=O)N1CCCC1C1CCCC1=O. The number of hydrogen-bond acceptors (Lipinski definition) is 2. The Kier molecular flexibility index (Phi) is 3.17. The summed E-state index contributed by atoms with van der Waals surface area (Å²) in [5, 5.41) is 0. The summed E-state index contributed by atoms with van der Waals surface area (Å²) in [6, 6.07) is 0.229. The highest BCUT2D eigenvalue weighted by Crippen LogP contribution is 2.33. The molecule has 0 radical (unpaired) electrons. The summed E-state index contributed by atoms with van der Waals surface area (Å²) >= 11 is 0. The van der Waals surface area contributed by atoms with Gasteiger partial charge in [0.05, 0.1) is 0 Å². The fourth-order valence-electron chi connectivity index (χ4n) is 2.95. The molecule has 1 aliphatic carbocycles. The van der Waals surface area contributed by atoms with Crippen molar-refractivity contribution in [2.75, 3.05) is 20.6 Å². The molecule has 1 aliphatic heterocycles. The maximum Gasteiger partial charge on any atom is 0.319 e. The number of amides is 2. The molecule has 0 aromatic carbocycles. The molecular formula is C12H20N2O2. The number of likely N-dealkylation sites (tertiary alicyclic amines) is 1. The minimum atomic E-state index is 0.0576. The van der Waals surface area contributed by atoms with Crippen LogP contribution in [0.4, 0.5) is 4.79 Å². The first kappa shape index (κ1) is 11.4. The Morgan fingerprint density at radius 2 is 2.06 bits per heavy atom. The Labute approximate surface area is 96.6 Å². The van der Waals surface area contributed by atoms with E-state index in [1.165, 1.54) is 0 Å². The van der Waals surface area contributed by atoms with Crippen LogP contribution in [0, 0.1) is 5.92 Å². The molecule has 0 aromatic heterocycles. The van der Waals surface area contributed by atoms with Crippen LogP contribution in [0.3, 0.4) is 0 Å². The standard InChI is InChI=1S/C12H20N2O2/c1-13(2)12(16)14-8-4-6-10(14)9-5-3-7-11(9)15/h9-10H,3-8H2,1-2H3. The zero-order valence-electron chi connectivity index (χ0n) is 10.1. The first-order valence-electron chi connectivity index (χ1n) is 6.12. The molecule has 1 saturated carbocycles. The summed E-state index contributed by atoms with van der Waals surface area (Å²) in [7, 11) is 3.54. The van der Waals surface area contributed by atoms with Crippen molar-refractivity contribution in [2.45, 2.75) is 38.1 Å². The molecule has 4 nitrogen and oxygen atoms in total. The predicted molar refractivity (Wildman–Crippen MR) is 61.2 cm³/mol. The number of carbonyl (C=O) groups excluding carboxylic acids is 2. The summed E-state index contributed by atoms with van der Waals surface area (Å²) < 4.78 is 0. The fourth-order valence-corrected chi connectivity index (χ4v) is 2.95. The normalized spacial score (nSPS) is 29.9. The van der Waals surface area contributed by atoms with E-state index in [2.05, 4.69) is 0 Å². The Morgan fingerprint density at radius 3 is 2.62 bits per heavy atom. The van der Waals surface area contributed by atoms with Crippen molar-refractivity contribution in [1.29, 1.82) is 0 Å². The van der Waals surface area contributed by atoms with Gasteiger partial charge >= 0.3 is 6.03 Å². The van der Waals surface area contributed by atoms with Crippen molar-refractivity contribution in [1.82, 2.24) is 9.80 Å². The molecule has 2 amide bonds. The number of hydrogen-bond donors (Lipinski definition) is 0. The number of Topliss-reactive ketones (excluding diaryl/α,β-unsaturated/α-hetero) is 1. The van der Waals surface area contributed by atoms with Gasteiger partial charge < -0.3 is 9.80 Å². The third kappa shape index (κ3) is 1.93. The van der Waals surface area contributed by atoms with Crippen LogP contribution in [0.5, 0.6) is 0 Å². The van der Waals surface area contributed by atoms with Gasteiger partial charge in [0.25, 0.3) is 0 Å². The number of rotatable bonds is 1. The minimum absolute atomic E-state index is 0.0576. The number of carbonyl (C=O) groups is 2. The van der Waals surface area contributed by atoms with Crippen LogP contribution in [0.15, 0.2) is 0 Å². The zero-order chi connectivity index (χ0) is 11.7. The molecule has 2 rings (SSSR count). The quantitative estimate of drug-likeness (QED) is 0.677. The van der Waals surface area contributed by atoms with Gasteiger partial charge in [-0.3, -0.25) is 4.79 Å². The molecule has 0 bridgehead atoms. The van der Waals surface area contributed by atoms with E-state index < -0.39 is 0 Å². The minimum Gasteiger partial charge on any atom is -0.331 e. The second-order valence-corrected chi connectivity index (χ2v) is 5.05. The Hall–Kier alpha value is -1.06. The van der Waals surface area contributed by atoms with Crippen molar-refractivity contribution >= 4 is 11.8 Å². The van der Waals surface area contributed by atoms with Crippen LogP contribution in [0.2, 0.25) is 0 Å². The van der Waals surface area contributed by atoms with Crippen LogP contribution in [0.25, 0.3) is 0 Å². The number of nitrogens with zero attached hydrogens (tertiary/aromatic N) is 2. The fraction of sp³-hybridized carbons (Fsp3) is 0.833. The molecule has 2 atom stereocenters. The van der Waals surface area contributed by atoms with E-state index in [0.29, 0.717) is 12.2 Å². The molecule has 1 heterocycles. The average molecular weight is 224 g/mol. The molecule has 90 valence electrons. The van der Waals surface area contributed by atoms with Crippen LogP contribution in [-0.2, 0) is 4.79 Å². The van der Waals surface area contributed by atoms with Crippen molar-refractivity contribution < 1.29 is 9.59 Å². The Balaban J connectivity index is 2.08. The first-order chi connectivity index (χ1) is 7.61. The van der Waals surface area contributed by atoms with Crippen molar-refractivity contribution in [2.24, 2.45) is 5.92 Å². The maximum atomic E-state index is 12.0. The summed E-state index contributed by atoms with van der Waals surface area (Å²) in [6.07, 6.45) is 4.72. The summed E-state index contributed by atoms with van der Waals surface area (Å²) in [5.74, 6) is 0.481. The molecule has 0 N–H and O–H groups in total. The van der Waals surface area contributed by atoms with E-state index in [9.17, 15) is 9.59 Å². The van der Waals surface area contributed by atoms with E-state index in [4.69, 9.17) is 0 Å². The highest BCUT2D eigenvalue weighted by Gasteiger charge is 2.40. The highest BCUT2D eigenvalue weighted by atomic mass is 16.2. The van der Waals surface area contributed by atoms with Crippen molar-refractivity contribution in [3.05, 3.63) is 0 Å². The molecular weight excluding hydrogens is 204 g/mol. The third-order valence-corrected chi connectivity index (χ3v) is 3.74. The zero-order valence-corrected chi connectivity index (χ0v) is 10.1. The monoisotopic (exact) mass is 224 g/mol. The smallest absolute Gasteiger partial charge is 0.319 e. The van der Waals surface area contributed by atoms with Gasteiger partial charge in [0.2, 0.25) is 0 Å². The van der Waals surface area contributed by atoms with Gasteiger partial charge in [-0.05, 0) is 25.7 Å². The van der Waals surface area contributed by atoms with E-state index in [1.54, 1.807) is 19.0 Å². The lowest BCUT2D eigenvalue weighted by atomic mass is 9.95. The van der Waals surface area contributed by atoms with E-state index >= 15 is 0 Å². The molecule has 2 unspecified atom stereocenters. The second kappa shape index (κ2) is 4.44. The molecule has 4 heteroatoms. The molecule has 16 heavy (non-hydrogen) atoms. The lowest BCUT2D eigenvalue weighted by Crippen LogP contribution is -2.46. The van der Waals surface area contributed by atoms with Gasteiger partial charge in [0.15, 0.2) is 0 Å². The number of urea groups is 1. The van der Waals surface area contributed by atoms with E-state index in [1.807, 2.05) is 4.90 Å². The average Bonchev–Trinajstić information content (AvgIpc) is 2.84. The van der Waals surface area contributed by atoms with Gasteiger partial charge in [0.1, 0.15) is 5.78 Å². The highest BCUT2D eigenvalue weighted by molar-refractivity contribution is 5.84. The van der Waals surface area contributed by atoms with E-state index in [-0.39, 0.29) is 18.0 Å². The van der Waals surface area contributed by atoms with Gasteiger partial charge in [-0.1, -0.05) is 0 Å². The Bertz CT molecular complexity index is 301. The second-order valence-electron chi connectivity index (χ2n) is 5.05. The Morgan fingerprint density at radius 1 is 1.31 bits per heavy atom. The molecule has 2 aliphatic rings. The lowest BCUT2D eigenvalue weighted by molar-refractivity contribution is -0.121. The topological polar surface area (TPSA) is 40.6 Å². The molecule has 1 saturated heterocycles. The summed E-state index contributed by atoms with van der Waals surface area (Å²) in [4.78, 5) is 27.2. The van der Waals surface area contributed by atoms with Gasteiger partial charge in [0, 0.05) is 39.0 Å². The van der Waals surface area contributed by atoms with Crippen LogP contribution >= 0.6 is 0 Å². The van der Waals surface area contributed by atoms with E-state index in [0.717, 1.165) is 32.2 Å². The molecule has 0 aromatic rings. The van der Waals surface area contributed by atoms with Gasteiger partial charge in [-0.25, -0.2) is 4.79 Å². The largest absolute Gasteiger partial charge is 0.331 e. The molecule has 2 fully saturated rings. The lowest BCUT2D eigenvalue weighted by Gasteiger charge is -2.30. The van der Waals surface area contributed by atoms with Crippen molar-refractivity contribution in [3.63, 3.8) is 0 Å². The van der Waals surface area contributed by atoms with Crippen LogP contribution < -0.4 is 0 Å².